The molecular weight excluding hydrogens is 289 g/mol. The third kappa shape index (κ3) is 4.79. The minimum Gasteiger partial charge on any atom is -0.493 e. The summed E-state index contributed by atoms with van der Waals surface area (Å²) in [6, 6.07) is 14.2. The summed E-state index contributed by atoms with van der Waals surface area (Å²) in [5, 5.41) is 0. The highest BCUT2D eigenvalue weighted by molar-refractivity contribution is 5.38. The molecule has 0 atom stereocenters. The highest BCUT2D eigenvalue weighted by atomic mass is 19.4. The summed E-state index contributed by atoms with van der Waals surface area (Å²) in [6.07, 6.45) is -1.87. The fourth-order valence-electron chi connectivity index (χ4n) is 2.25. The third-order valence-electron chi connectivity index (χ3n) is 3.40. The second-order valence-electron chi connectivity index (χ2n) is 5.29. The van der Waals surface area contributed by atoms with Crippen LogP contribution in [0.15, 0.2) is 48.5 Å². The Morgan fingerprint density at radius 2 is 1.68 bits per heavy atom. The largest absolute Gasteiger partial charge is 0.493 e. The van der Waals surface area contributed by atoms with Crippen molar-refractivity contribution in [3.63, 3.8) is 0 Å². The van der Waals surface area contributed by atoms with Crippen LogP contribution in [-0.2, 0) is 12.6 Å². The van der Waals surface area contributed by atoms with Gasteiger partial charge in [-0.3, -0.25) is 0 Å². The Morgan fingerprint density at radius 1 is 0.955 bits per heavy atom. The first-order valence-corrected chi connectivity index (χ1v) is 7.31. The molecule has 4 heteroatoms. The zero-order valence-corrected chi connectivity index (χ0v) is 12.5. The maximum Gasteiger partial charge on any atom is 0.419 e. The predicted molar refractivity (Wildman–Crippen MR) is 81.1 cm³/mol. The molecule has 2 aromatic rings. The molecule has 0 aliphatic carbocycles. The number of rotatable bonds is 6. The molecule has 0 fully saturated rings. The summed E-state index contributed by atoms with van der Waals surface area (Å²) in [7, 11) is 0. The summed E-state index contributed by atoms with van der Waals surface area (Å²) < 4.78 is 44.2. The maximum atomic E-state index is 12.9. The van der Waals surface area contributed by atoms with Crippen molar-refractivity contribution >= 4 is 0 Å². The first-order chi connectivity index (χ1) is 10.5. The van der Waals surface area contributed by atoms with E-state index in [1.807, 2.05) is 30.3 Å². The lowest BCUT2D eigenvalue weighted by Gasteiger charge is -2.14. The highest BCUT2D eigenvalue weighted by Crippen LogP contribution is 2.36. The molecular formula is C18H19F3O. The number of alkyl halides is 3. The zero-order valence-electron chi connectivity index (χ0n) is 12.5. The fourth-order valence-corrected chi connectivity index (χ4v) is 2.25. The van der Waals surface area contributed by atoms with Crippen LogP contribution < -0.4 is 4.74 Å². The predicted octanol–water partition coefficient (Wildman–Crippen LogP) is 5.42. The third-order valence-corrected chi connectivity index (χ3v) is 3.40. The van der Waals surface area contributed by atoms with Crippen LogP contribution in [0.5, 0.6) is 5.75 Å². The lowest BCUT2D eigenvalue weighted by molar-refractivity contribution is -0.139. The van der Waals surface area contributed by atoms with Crippen LogP contribution >= 0.6 is 0 Å². The molecule has 2 rings (SSSR count). The Kier molecular flexibility index (Phi) is 5.47. The molecule has 0 bridgehead atoms. The number of aryl methyl sites for hydroxylation is 2. The van der Waals surface area contributed by atoms with E-state index < -0.39 is 11.7 Å². The van der Waals surface area contributed by atoms with Crippen molar-refractivity contribution in [2.45, 2.75) is 32.4 Å². The average molecular weight is 308 g/mol. The molecule has 0 saturated carbocycles. The Hall–Kier alpha value is -1.97. The van der Waals surface area contributed by atoms with Crippen molar-refractivity contribution in [2.24, 2.45) is 0 Å². The minimum absolute atomic E-state index is 0.0854. The van der Waals surface area contributed by atoms with Gasteiger partial charge in [0, 0.05) is 0 Å². The fraction of sp³-hybridized carbons (Fsp3) is 0.333. The van der Waals surface area contributed by atoms with E-state index in [4.69, 9.17) is 4.74 Å². The van der Waals surface area contributed by atoms with Crippen LogP contribution in [0.1, 0.15) is 29.5 Å². The number of unbranched alkanes of at least 4 members (excludes halogenated alkanes) is 1. The Balaban J connectivity index is 1.84. The summed E-state index contributed by atoms with van der Waals surface area (Å²) >= 11 is 0. The molecule has 1 nitrogen and oxygen atoms in total. The Morgan fingerprint density at radius 3 is 2.36 bits per heavy atom. The van der Waals surface area contributed by atoms with Crippen LogP contribution in [0.3, 0.4) is 0 Å². The molecule has 0 spiro atoms. The molecule has 0 aromatic heterocycles. The van der Waals surface area contributed by atoms with Gasteiger partial charge in [-0.2, -0.15) is 13.2 Å². The van der Waals surface area contributed by atoms with E-state index in [0.717, 1.165) is 25.3 Å². The molecule has 0 N–H and O–H groups in total. The zero-order chi connectivity index (χ0) is 16.0. The SMILES string of the molecule is Cc1ccc(OCCCCc2ccccc2)c(C(F)(F)F)c1. The van der Waals surface area contributed by atoms with Gasteiger partial charge in [-0.15, -0.1) is 0 Å². The molecule has 22 heavy (non-hydrogen) atoms. The van der Waals surface area contributed by atoms with Crippen LogP contribution in [0.25, 0.3) is 0 Å². The smallest absolute Gasteiger partial charge is 0.419 e. The van der Waals surface area contributed by atoms with Crippen molar-refractivity contribution in [3.05, 3.63) is 65.2 Å². The van der Waals surface area contributed by atoms with Crippen molar-refractivity contribution in [2.75, 3.05) is 6.61 Å². The Labute approximate surface area is 128 Å². The van der Waals surface area contributed by atoms with E-state index in [-0.39, 0.29) is 5.75 Å². The summed E-state index contributed by atoms with van der Waals surface area (Å²) in [4.78, 5) is 0. The van der Waals surface area contributed by atoms with E-state index >= 15 is 0 Å². The van der Waals surface area contributed by atoms with Crippen molar-refractivity contribution in [1.82, 2.24) is 0 Å². The topological polar surface area (TPSA) is 9.23 Å². The van der Waals surface area contributed by atoms with Crippen LogP contribution in [0.2, 0.25) is 0 Å². The van der Waals surface area contributed by atoms with Crippen molar-refractivity contribution in [3.8, 4) is 5.75 Å². The van der Waals surface area contributed by atoms with E-state index in [9.17, 15) is 13.2 Å². The lowest BCUT2D eigenvalue weighted by atomic mass is 10.1. The van der Waals surface area contributed by atoms with E-state index in [1.165, 1.54) is 11.6 Å². The quantitative estimate of drug-likeness (QED) is 0.648. The first kappa shape index (κ1) is 16.4. The van der Waals surface area contributed by atoms with Crippen molar-refractivity contribution in [1.29, 1.82) is 0 Å². The van der Waals surface area contributed by atoms with E-state index in [0.29, 0.717) is 12.2 Å². The van der Waals surface area contributed by atoms with Gasteiger partial charge in [0.15, 0.2) is 0 Å². The van der Waals surface area contributed by atoms with Gasteiger partial charge >= 0.3 is 6.18 Å². The second-order valence-corrected chi connectivity index (χ2v) is 5.29. The molecule has 0 saturated heterocycles. The second kappa shape index (κ2) is 7.34. The van der Waals surface area contributed by atoms with Crippen molar-refractivity contribution < 1.29 is 17.9 Å². The monoisotopic (exact) mass is 308 g/mol. The van der Waals surface area contributed by atoms with Gasteiger partial charge in [0.05, 0.1) is 12.2 Å². The number of benzene rings is 2. The number of ether oxygens (including phenoxy) is 1. The minimum atomic E-state index is -4.38. The molecule has 0 radical (unpaired) electrons. The normalized spacial score (nSPS) is 11.5. The first-order valence-electron chi connectivity index (χ1n) is 7.31. The van der Waals surface area contributed by atoms with Gasteiger partial charge in [-0.05, 0) is 43.9 Å². The van der Waals surface area contributed by atoms with Gasteiger partial charge in [-0.1, -0.05) is 42.0 Å². The lowest BCUT2D eigenvalue weighted by Crippen LogP contribution is -2.10. The molecule has 0 amide bonds. The molecule has 0 unspecified atom stereocenters. The van der Waals surface area contributed by atoms with Crippen LogP contribution in [0.4, 0.5) is 13.2 Å². The van der Waals surface area contributed by atoms with Crippen LogP contribution in [-0.4, -0.2) is 6.61 Å². The van der Waals surface area contributed by atoms with Gasteiger partial charge in [0.1, 0.15) is 5.75 Å². The molecule has 118 valence electrons. The van der Waals surface area contributed by atoms with Gasteiger partial charge in [0.25, 0.3) is 0 Å². The number of hydrogen-bond acceptors (Lipinski definition) is 1. The maximum absolute atomic E-state index is 12.9. The molecule has 0 aliphatic heterocycles. The summed E-state index contributed by atoms with van der Waals surface area (Å²) in [6.45, 7) is 1.93. The van der Waals surface area contributed by atoms with E-state index in [1.54, 1.807) is 13.0 Å². The number of hydrogen-bond donors (Lipinski definition) is 0. The molecule has 2 aromatic carbocycles. The summed E-state index contributed by atoms with van der Waals surface area (Å²) in [5.41, 5.74) is 1.10. The Bertz CT molecular complexity index is 591. The van der Waals surface area contributed by atoms with E-state index in [2.05, 4.69) is 0 Å². The van der Waals surface area contributed by atoms with Gasteiger partial charge in [0.2, 0.25) is 0 Å². The molecule has 0 heterocycles. The highest BCUT2D eigenvalue weighted by Gasteiger charge is 2.34. The number of halogens is 3. The standard InChI is InChI=1S/C18H19F3O/c1-14-10-11-17(16(13-14)18(19,20)21)22-12-6-5-9-15-7-3-2-4-8-15/h2-4,7-8,10-11,13H,5-6,9,12H2,1H3. The van der Waals surface area contributed by atoms with Gasteiger partial charge < -0.3 is 4.74 Å². The average Bonchev–Trinajstić information content (AvgIpc) is 2.48. The van der Waals surface area contributed by atoms with Crippen LogP contribution in [0, 0.1) is 6.92 Å². The molecule has 0 aliphatic rings. The van der Waals surface area contributed by atoms with Gasteiger partial charge in [-0.25, -0.2) is 0 Å². The summed E-state index contributed by atoms with van der Waals surface area (Å²) in [5.74, 6) is -0.0854.